The fraction of sp³-hybridized carbons (Fsp3) is 0.500. The zero-order valence-electron chi connectivity index (χ0n) is 11.9. The Bertz CT molecular complexity index is 689. The van der Waals surface area contributed by atoms with Crippen LogP contribution < -0.4 is 10.9 Å². The van der Waals surface area contributed by atoms with Crippen LogP contribution in [0.2, 0.25) is 5.02 Å². The van der Waals surface area contributed by atoms with Crippen LogP contribution in [0.15, 0.2) is 23.4 Å². The molecule has 6 nitrogen and oxygen atoms in total. The number of hydrogen-bond acceptors (Lipinski definition) is 4. The van der Waals surface area contributed by atoms with Gasteiger partial charge in [0.05, 0.1) is 24.0 Å². The van der Waals surface area contributed by atoms with E-state index in [2.05, 4.69) is 15.5 Å². The van der Waals surface area contributed by atoms with Crippen molar-refractivity contribution in [2.45, 2.75) is 32.9 Å². The monoisotopic (exact) mass is 307 g/mol. The summed E-state index contributed by atoms with van der Waals surface area (Å²) in [6, 6.07) is 0. The van der Waals surface area contributed by atoms with Gasteiger partial charge in [0.15, 0.2) is 0 Å². The lowest BCUT2D eigenvalue weighted by molar-refractivity contribution is 0.534. The molecule has 0 bridgehead atoms. The Morgan fingerprint density at radius 3 is 2.86 bits per heavy atom. The molecular weight excluding hydrogens is 290 g/mol. The first kappa shape index (κ1) is 14.1. The van der Waals surface area contributed by atoms with Crippen molar-refractivity contribution in [3.63, 3.8) is 0 Å². The summed E-state index contributed by atoms with van der Waals surface area (Å²) in [4.78, 5) is 12.3. The number of nitrogens with one attached hydrogen (secondary N) is 1. The SMILES string of the molecule is Cc1cnn(CCNc2c(Cl)cnn(CC3CC3)c2=O)c1. The van der Waals surface area contributed by atoms with E-state index in [1.54, 1.807) is 0 Å². The van der Waals surface area contributed by atoms with Crippen LogP contribution in [0.25, 0.3) is 0 Å². The summed E-state index contributed by atoms with van der Waals surface area (Å²) in [7, 11) is 0. The quantitative estimate of drug-likeness (QED) is 0.885. The Morgan fingerprint density at radius 2 is 2.19 bits per heavy atom. The van der Waals surface area contributed by atoms with Crippen LogP contribution in [0, 0.1) is 12.8 Å². The summed E-state index contributed by atoms with van der Waals surface area (Å²) < 4.78 is 3.34. The fourth-order valence-electron chi connectivity index (χ4n) is 2.19. The molecule has 1 aliphatic rings. The van der Waals surface area contributed by atoms with Crippen LogP contribution >= 0.6 is 11.6 Å². The first-order chi connectivity index (χ1) is 10.1. The smallest absolute Gasteiger partial charge is 0.291 e. The Balaban J connectivity index is 1.67. The van der Waals surface area contributed by atoms with Gasteiger partial charge in [0, 0.05) is 19.3 Å². The third-order valence-corrected chi connectivity index (χ3v) is 3.82. The van der Waals surface area contributed by atoms with Gasteiger partial charge in [0.2, 0.25) is 0 Å². The second-order valence-corrected chi connectivity index (χ2v) is 5.91. The Kier molecular flexibility index (Phi) is 3.96. The van der Waals surface area contributed by atoms with Crippen molar-refractivity contribution >= 4 is 17.3 Å². The predicted molar refractivity (Wildman–Crippen MR) is 81.7 cm³/mol. The van der Waals surface area contributed by atoms with Crippen LogP contribution in [-0.4, -0.2) is 26.1 Å². The van der Waals surface area contributed by atoms with E-state index in [4.69, 9.17) is 11.6 Å². The second kappa shape index (κ2) is 5.89. The van der Waals surface area contributed by atoms with Crippen LogP contribution in [-0.2, 0) is 13.1 Å². The lowest BCUT2D eigenvalue weighted by Gasteiger charge is -2.10. The lowest BCUT2D eigenvalue weighted by Crippen LogP contribution is -2.27. The van der Waals surface area contributed by atoms with Crippen molar-refractivity contribution in [1.82, 2.24) is 19.6 Å². The first-order valence-corrected chi connectivity index (χ1v) is 7.50. The average molecular weight is 308 g/mol. The molecule has 1 N–H and O–H groups in total. The van der Waals surface area contributed by atoms with E-state index in [0.717, 1.165) is 5.56 Å². The Morgan fingerprint density at radius 1 is 1.38 bits per heavy atom. The minimum absolute atomic E-state index is 0.147. The van der Waals surface area contributed by atoms with Gasteiger partial charge in [-0.25, -0.2) is 4.68 Å². The molecule has 2 aromatic heterocycles. The van der Waals surface area contributed by atoms with Gasteiger partial charge < -0.3 is 5.32 Å². The van der Waals surface area contributed by atoms with Gasteiger partial charge in [0.25, 0.3) is 5.56 Å². The van der Waals surface area contributed by atoms with Gasteiger partial charge in [-0.1, -0.05) is 11.6 Å². The van der Waals surface area contributed by atoms with Gasteiger partial charge in [-0.2, -0.15) is 10.2 Å². The highest BCUT2D eigenvalue weighted by Gasteiger charge is 2.23. The molecule has 0 saturated heterocycles. The molecule has 0 atom stereocenters. The molecule has 2 heterocycles. The molecule has 0 amide bonds. The van der Waals surface area contributed by atoms with E-state index in [0.29, 0.717) is 36.3 Å². The predicted octanol–water partition coefficient (Wildman–Crippen LogP) is 1.92. The molecule has 21 heavy (non-hydrogen) atoms. The van der Waals surface area contributed by atoms with Crippen molar-refractivity contribution in [3.05, 3.63) is 39.5 Å². The number of hydrogen-bond donors (Lipinski definition) is 1. The molecule has 0 radical (unpaired) electrons. The van der Waals surface area contributed by atoms with Crippen molar-refractivity contribution in [1.29, 1.82) is 0 Å². The first-order valence-electron chi connectivity index (χ1n) is 7.12. The van der Waals surface area contributed by atoms with Crippen LogP contribution in [0.5, 0.6) is 0 Å². The van der Waals surface area contributed by atoms with E-state index >= 15 is 0 Å². The molecule has 1 saturated carbocycles. The van der Waals surface area contributed by atoms with Crippen molar-refractivity contribution in [2.75, 3.05) is 11.9 Å². The van der Waals surface area contributed by atoms with Gasteiger partial charge in [-0.15, -0.1) is 0 Å². The molecule has 2 aromatic rings. The molecule has 112 valence electrons. The minimum Gasteiger partial charge on any atom is -0.377 e. The van der Waals surface area contributed by atoms with Crippen molar-refractivity contribution in [2.24, 2.45) is 5.92 Å². The molecule has 3 rings (SSSR count). The summed E-state index contributed by atoms with van der Waals surface area (Å²) in [6.45, 7) is 3.94. The topological polar surface area (TPSA) is 64.7 Å². The van der Waals surface area contributed by atoms with Gasteiger partial charge in [0.1, 0.15) is 5.69 Å². The maximum atomic E-state index is 12.3. The van der Waals surface area contributed by atoms with Crippen LogP contribution in [0.3, 0.4) is 0 Å². The van der Waals surface area contributed by atoms with E-state index in [1.807, 2.05) is 24.0 Å². The average Bonchev–Trinajstić information content (AvgIpc) is 3.18. The summed E-state index contributed by atoms with van der Waals surface area (Å²) >= 11 is 6.08. The standard InChI is InChI=1S/C14H18ClN5O/c1-10-6-17-19(8-10)5-4-16-13-12(15)7-18-20(14(13)21)9-11-2-3-11/h6-8,11,16H,2-5,9H2,1H3. The van der Waals surface area contributed by atoms with Crippen LogP contribution in [0.4, 0.5) is 5.69 Å². The Labute approximate surface area is 127 Å². The van der Waals surface area contributed by atoms with E-state index in [1.165, 1.54) is 23.7 Å². The number of halogens is 1. The third-order valence-electron chi connectivity index (χ3n) is 3.53. The largest absolute Gasteiger partial charge is 0.377 e. The highest BCUT2D eigenvalue weighted by Crippen LogP contribution is 2.30. The normalized spacial score (nSPS) is 14.4. The number of nitrogens with zero attached hydrogens (tertiary/aromatic N) is 4. The van der Waals surface area contributed by atoms with E-state index in [9.17, 15) is 4.79 Å². The zero-order chi connectivity index (χ0) is 14.8. The van der Waals surface area contributed by atoms with Crippen LogP contribution in [0.1, 0.15) is 18.4 Å². The summed E-state index contributed by atoms with van der Waals surface area (Å²) in [5.41, 5.74) is 1.39. The van der Waals surface area contributed by atoms with E-state index in [-0.39, 0.29) is 5.56 Å². The van der Waals surface area contributed by atoms with E-state index < -0.39 is 0 Å². The minimum atomic E-state index is -0.147. The van der Waals surface area contributed by atoms with Crippen molar-refractivity contribution < 1.29 is 0 Å². The van der Waals surface area contributed by atoms with Gasteiger partial charge in [-0.3, -0.25) is 9.48 Å². The fourth-order valence-corrected chi connectivity index (χ4v) is 2.38. The van der Waals surface area contributed by atoms with Crippen molar-refractivity contribution in [3.8, 4) is 0 Å². The number of anilines is 1. The number of aryl methyl sites for hydroxylation is 1. The van der Waals surface area contributed by atoms with Gasteiger partial charge >= 0.3 is 0 Å². The second-order valence-electron chi connectivity index (χ2n) is 5.51. The number of rotatable bonds is 6. The molecule has 1 aliphatic carbocycles. The zero-order valence-corrected chi connectivity index (χ0v) is 12.7. The maximum Gasteiger partial charge on any atom is 0.291 e. The molecule has 0 aromatic carbocycles. The summed E-state index contributed by atoms with van der Waals surface area (Å²) in [5, 5.41) is 11.8. The number of aromatic nitrogens is 4. The third kappa shape index (κ3) is 3.44. The molecule has 0 aliphatic heterocycles. The summed E-state index contributed by atoms with van der Waals surface area (Å²) in [6.07, 6.45) is 7.66. The molecule has 0 spiro atoms. The molecular formula is C14H18ClN5O. The van der Waals surface area contributed by atoms with Gasteiger partial charge in [-0.05, 0) is 31.2 Å². The summed E-state index contributed by atoms with van der Waals surface area (Å²) in [5.74, 6) is 0.594. The highest BCUT2D eigenvalue weighted by atomic mass is 35.5. The Hall–Kier alpha value is -1.82. The maximum absolute atomic E-state index is 12.3. The molecule has 7 heteroatoms. The molecule has 1 fully saturated rings. The molecule has 0 unspecified atom stereocenters. The highest BCUT2D eigenvalue weighted by molar-refractivity contribution is 6.32. The lowest BCUT2D eigenvalue weighted by atomic mass is 10.4.